The second-order valence-electron chi connectivity index (χ2n) is 6.20. The molecule has 1 aromatic carbocycles. The minimum atomic E-state index is 0.419. The van der Waals surface area contributed by atoms with Crippen LogP contribution in [0.25, 0.3) is 11.0 Å². The highest BCUT2D eigenvalue weighted by atomic mass is 35.5. The molecule has 2 aromatic heterocycles. The summed E-state index contributed by atoms with van der Waals surface area (Å²) in [5, 5.41) is 4.34. The summed E-state index contributed by atoms with van der Waals surface area (Å²) in [5.41, 5.74) is 2.22. The van der Waals surface area contributed by atoms with E-state index in [4.69, 9.17) is 16.6 Å². The van der Waals surface area contributed by atoms with Gasteiger partial charge in [0.15, 0.2) is 0 Å². The Morgan fingerprint density at radius 2 is 2.12 bits per heavy atom. The lowest BCUT2D eigenvalue weighted by atomic mass is 10.2. The average Bonchev–Trinajstić information content (AvgIpc) is 3.19. The number of anilines is 1. The number of aromatic nitrogens is 3. The molecular weight excluding hydrogens is 322 g/mol. The van der Waals surface area contributed by atoms with E-state index in [1.54, 1.807) is 6.20 Å². The molecule has 1 fully saturated rings. The Morgan fingerprint density at radius 1 is 1.25 bits per heavy atom. The number of nitrogens with one attached hydrogen (secondary N) is 1. The van der Waals surface area contributed by atoms with Crippen LogP contribution in [0.4, 0.5) is 5.82 Å². The fraction of sp³-hybridized carbons (Fsp3) is 0.333. The zero-order chi connectivity index (χ0) is 16.5. The minimum Gasteiger partial charge on any atom is -0.354 e. The lowest BCUT2D eigenvalue weighted by Gasteiger charge is -2.18. The van der Waals surface area contributed by atoms with Crippen LogP contribution < -0.4 is 10.2 Å². The molecule has 0 bridgehead atoms. The van der Waals surface area contributed by atoms with Gasteiger partial charge in [-0.1, -0.05) is 23.7 Å². The van der Waals surface area contributed by atoms with Crippen molar-refractivity contribution in [2.75, 3.05) is 18.0 Å². The maximum Gasteiger partial charge on any atom is 0.147 e. The second kappa shape index (κ2) is 6.42. The molecule has 1 aliphatic heterocycles. The molecule has 1 N–H and O–H groups in total. The molecule has 5 nitrogen and oxygen atoms in total. The summed E-state index contributed by atoms with van der Waals surface area (Å²) >= 11 is 6.25. The Balaban J connectivity index is 1.42. The van der Waals surface area contributed by atoms with Crippen molar-refractivity contribution < 1.29 is 0 Å². The monoisotopic (exact) mass is 341 g/mol. The summed E-state index contributed by atoms with van der Waals surface area (Å²) in [6.45, 7) is 2.65. The average molecular weight is 342 g/mol. The van der Waals surface area contributed by atoms with Crippen LogP contribution in [-0.2, 0) is 13.6 Å². The molecule has 6 heteroatoms. The number of fused-ring (bicyclic) bond motifs is 1. The molecule has 1 saturated heterocycles. The van der Waals surface area contributed by atoms with Crippen LogP contribution in [0.2, 0.25) is 5.02 Å². The van der Waals surface area contributed by atoms with Gasteiger partial charge in [0.2, 0.25) is 0 Å². The summed E-state index contributed by atoms with van der Waals surface area (Å²) in [7, 11) is 2.07. The largest absolute Gasteiger partial charge is 0.354 e. The van der Waals surface area contributed by atoms with E-state index in [1.165, 1.54) is 5.52 Å². The predicted molar refractivity (Wildman–Crippen MR) is 97.4 cm³/mol. The van der Waals surface area contributed by atoms with E-state index in [2.05, 4.69) is 38.9 Å². The summed E-state index contributed by atoms with van der Waals surface area (Å²) in [5.74, 6) is 1.94. The molecule has 0 saturated carbocycles. The van der Waals surface area contributed by atoms with Crippen molar-refractivity contribution in [2.45, 2.75) is 19.0 Å². The Hall–Kier alpha value is -2.11. The highest BCUT2D eigenvalue weighted by Gasteiger charge is 2.24. The van der Waals surface area contributed by atoms with Crippen LogP contribution in [0.3, 0.4) is 0 Å². The van der Waals surface area contributed by atoms with Gasteiger partial charge in [-0.25, -0.2) is 9.97 Å². The second-order valence-corrected chi connectivity index (χ2v) is 6.60. The quantitative estimate of drug-likeness (QED) is 0.792. The highest BCUT2D eigenvalue weighted by Crippen LogP contribution is 2.26. The fourth-order valence-corrected chi connectivity index (χ4v) is 3.56. The van der Waals surface area contributed by atoms with Crippen LogP contribution in [0.5, 0.6) is 0 Å². The first-order valence-corrected chi connectivity index (χ1v) is 8.59. The van der Waals surface area contributed by atoms with Crippen LogP contribution in [0, 0.1) is 0 Å². The number of hydrogen-bond acceptors (Lipinski definition) is 4. The van der Waals surface area contributed by atoms with E-state index < -0.39 is 0 Å². The lowest BCUT2D eigenvalue weighted by molar-refractivity contribution is 0.532. The molecule has 3 aromatic rings. The molecule has 4 rings (SSSR count). The van der Waals surface area contributed by atoms with Crippen molar-refractivity contribution in [1.82, 2.24) is 19.9 Å². The topological polar surface area (TPSA) is 46.0 Å². The minimum absolute atomic E-state index is 0.419. The van der Waals surface area contributed by atoms with E-state index in [0.717, 1.165) is 43.2 Å². The van der Waals surface area contributed by atoms with Gasteiger partial charge < -0.3 is 14.8 Å². The zero-order valence-electron chi connectivity index (χ0n) is 13.6. The normalized spacial score (nSPS) is 17.8. The van der Waals surface area contributed by atoms with Crippen molar-refractivity contribution >= 4 is 28.5 Å². The van der Waals surface area contributed by atoms with Crippen molar-refractivity contribution in [3.05, 3.63) is 53.4 Å². The molecule has 3 heterocycles. The standard InChI is InChI=1S/C18H20ClN5/c1-23-16-7-3-2-6-15(16)22-17(23)11-21-13-8-10-24(12-13)18-14(19)5-4-9-20-18/h2-7,9,13,21H,8,10-12H2,1H3. The van der Waals surface area contributed by atoms with Crippen LogP contribution in [0.1, 0.15) is 12.2 Å². The number of nitrogens with zero attached hydrogens (tertiary/aromatic N) is 4. The van der Waals surface area contributed by atoms with Gasteiger partial charge in [-0.3, -0.25) is 0 Å². The van der Waals surface area contributed by atoms with Crippen LogP contribution in [-0.4, -0.2) is 33.7 Å². The first-order valence-electron chi connectivity index (χ1n) is 8.21. The molecule has 124 valence electrons. The lowest BCUT2D eigenvalue weighted by Crippen LogP contribution is -2.33. The van der Waals surface area contributed by atoms with Crippen LogP contribution >= 0.6 is 11.6 Å². The first kappa shape index (κ1) is 15.4. The van der Waals surface area contributed by atoms with E-state index in [0.29, 0.717) is 11.1 Å². The summed E-state index contributed by atoms with van der Waals surface area (Å²) in [4.78, 5) is 11.4. The molecule has 0 amide bonds. The van der Waals surface area contributed by atoms with Gasteiger partial charge in [0.05, 0.1) is 22.6 Å². The van der Waals surface area contributed by atoms with Crippen molar-refractivity contribution in [2.24, 2.45) is 7.05 Å². The van der Waals surface area contributed by atoms with Gasteiger partial charge in [-0.15, -0.1) is 0 Å². The smallest absolute Gasteiger partial charge is 0.147 e. The number of pyridine rings is 1. The number of para-hydroxylation sites is 2. The molecule has 1 atom stereocenters. The molecule has 1 unspecified atom stereocenters. The molecule has 0 spiro atoms. The Bertz CT molecular complexity index is 859. The fourth-order valence-electron chi connectivity index (χ4n) is 3.32. The number of halogens is 1. The maximum atomic E-state index is 6.25. The highest BCUT2D eigenvalue weighted by molar-refractivity contribution is 6.32. The van der Waals surface area contributed by atoms with Gasteiger partial charge in [0, 0.05) is 32.4 Å². The summed E-state index contributed by atoms with van der Waals surface area (Å²) < 4.78 is 2.16. The third-order valence-electron chi connectivity index (χ3n) is 4.66. The maximum absolute atomic E-state index is 6.25. The molecule has 1 aliphatic rings. The first-order chi connectivity index (χ1) is 11.7. The zero-order valence-corrected chi connectivity index (χ0v) is 14.4. The molecule has 0 radical (unpaired) electrons. The van der Waals surface area contributed by atoms with E-state index in [1.807, 2.05) is 24.3 Å². The third kappa shape index (κ3) is 2.85. The van der Waals surface area contributed by atoms with Crippen molar-refractivity contribution in [3.63, 3.8) is 0 Å². The molecular formula is C18H20ClN5. The van der Waals surface area contributed by atoms with Crippen molar-refractivity contribution in [3.8, 4) is 0 Å². The summed E-state index contributed by atoms with van der Waals surface area (Å²) in [6.07, 6.45) is 2.87. The number of aryl methyl sites for hydroxylation is 1. The third-order valence-corrected chi connectivity index (χ3v) is 4.95. The summed E-state index contributed by atoms with van der Waals surface area (Å²) in [6, 6.07) is 12.4. The molecule has 0 aliphatic carbocycles. The van der Waals surface area contributed by atoms with Gasteiger partial charge in [-0.2, -0.15) is 0 Å². The van der Waals surface area contributed by atoms with Gasteiger partial charge in [-0.05, 0) is 30.7 Å². The molecule has 24 heavy (non-hydrogen) atoms. The van der Waals surface area contributed by atoms with Gasteiger partial charge in [0.25, 0.3) is 0 Å². The number of hydrogen-bond donors (Lipinski definition) is 1. The number of benzene rings is 1. The van der Waals surface area contributed by atoms with Crippen LogP contribution in [0.15, 0.2) is 42.6 Å². The van der Waals surface area contributed by atoms with E-state index in [-0.39, 0.29) is 0 Å². The Morgan fingerprint density at radius 3 is 2.96 bits per heavy atom. The Labute approximate surface area is 146 Å². The van der Waals surface area contributed by atoms with Gasteiger partial charge >= 0.3 is 0 Å². The predicted octanol–water partition coefficient (Wildman–Crippen LogP) is 2.99. The van der Waals surface area contributed by atoms with E-state index in [9.17, 15) is 0 Å². The number of imidazole rings is 1. The SMILES string of the molecule is Cn1c(CNC2CCN(c3ncccc3Cl)C2)nc2ccccc21. The van der Waals surface area contributed by atoms with Gasteiger partial charge in [0.1, 0.15) is 11.6 Å². The Kier molecular flexibility index (Phi) is 4.12. The number of rotatable bonds is 4. The van der Waals surface area contributed by atoms with Crippen molar-refractivity contribution in [1.29, 1.82) is 0 Å². The van der Waals surface area contributed by atoms with E-state index >= 15 is 0 Å².